The number of nitriles is 9. The van der Waals surface area contributed by atoms with Crippen LogP contribution in [0.3, 0.4) is 0 Å². The summed E-state index contributed by atoms with van der Waals surface area (Å²) in [5.41, 5.74) is -2.33. The molecule has 6 aliphatic carbocycles. The Hall–Kier alpha value is -6.18. The van der Waals surface area contributed by atoms with Crippen LogP contribution >= 0.6 is 0 Å². The molecule has 0 saturated heterocycles. The predicted octanol–water partition coefficient (Wildman–Crippen LogP) is 12.6. The monoisotopic (exact) mass is 946 g/mol. The van der Waals surface area contributed by atoms with Crippen molar-refractivity contribution in [3.8, 4) is 54.6 Å². The van der Waals surface area contributed by atoms with E-state index >= 15 is 0 Å². The molecule has 6 fully saturated rings. The van der Waals surface area contributed by atoms with Crippen molar-refractivity contribution in [2.45, 2.75) is 225 Å². The summed E-state index contributed by atoms with van der Waals surface area (Å²) in [4.78, 5) is 30.9. The van der Waals surface area contributed by atoms with Gasteiger partial charge < -0.3 is 14.9 Å². The summed E-state index contributed by atoms with van der Waals surface area (Å²) in [6.45, 7) is 0.705. The van der Waals surface area contributed by atoms with Crippen LogP contribution in [0.25, 0.3) is 0 Å². The molecule has 15 heteroatoms. The summed E-state index contributed by atoms with van der Waals surface area (Å²) < 4.78 is 4.72. The number of hydrogen-bond donors (Lipinski definition) is 2. The Bertz CT molecular complexity index is 1950. The molecule has 0 bridgehead atoms. The number of rotatable bonds is 10. The fraction of sp³-hybridized carbons (Fsp3) is 0.778. The van der Waals surface area contributed by atoms with E-state index in [1.54, 1.807) is 0 Å². The summed E-state index contributed by atoms with van der Waals surface area (Å²) >= 11 is 0. The highest BCUT2D eigenvalue weighted by Crippen LogP contribution is 2.42. The smallest absolute Gasteiger partial charge is 0.304 e. The molecule has 0 unspecified atom stereocenters. The molecule has 372 valence electrons. The molecule has 0 aromatic rings. The molecule has 0 aromatic carbocycles. The molecule has 0 aliphatic heterocycles. The summed E-state index contributed by atoms with van der Waals surface area (Å²) in [6, 6.07) is 19.8. The van der Waals surface area contributed by atoms with Crippen LogP contribution in [-0.4, -0.2) is 35.2 Å². The van der Waals surface area contributed by atoms with E-state index in [0.29, 0.717) is 25.7 Å². The van der Waals surface area contributed by atoms with Gasteiger partial charge in [-0.3, -0.25) is 14.4 Å². The van der Waals surface area contributed by atoms with E-state index in [1.807, 2.05) is 0 Å². The van der Waals surface area contributed by atoms with E-state index in [2.05, 4.69) is 54.6 Å². The Morgan fingerprint density at radius 3 is 0.768 bits per heavy atom. The lowest BCUT2D eigenvalue weighted by Gasteiger charge is -2.28. The maximum Gasteiger partial charge on any atom is 0.304 e. The summed E-state index contributed by atoms with van der Waals surface area (Å²) in [7, 11) is 0. The first kappa shape index (κ1) is 60.8. The van der Waals surface area contributed by atoms with Crippen LogP contribution in [0.5, 0.6) is 0 Å². The molecule has 6 rings (SSSR count). The maximum absolute atomic E-state index is 10.5. The average Bonchev–Trinajstić information content (AvgIpc) is 3.89. The highest BCUT2D eigenvalue weighted by atomic mass is 16.5. The maximum atomic E-state index is 10.5. The van der Waals surface area contributed by atoms with Gasteiger partial charge in [0.1, 0.15) is 6.61 Å². The molecule has 0 atom stereocenters. The SMILES string of the molecule is N#CC1(CC(=O)O)CCCC1.N#CC1(CC(=O)O)CCCCC1.N#CC1(COC=O)CCCCCC1.N#CCC1(C#N)CCCC1.N#CCC1(C#N)CCCCC1.N#CCC1(C#N)CCCCCC1. The molecule has 0 amide bonds. The van der Waals surface area contributed by atoms with Crippen molar-refractivity contribution in [1.29, 1.82) is 47.4 Å². The summed E-state index contributed by atoms with van der Waals surface area (Å²) in [6.07, 6.45) is 31.8. The third-order valence-corrected chi connectivity index (χ3v) is 14.9. The van der Waals surface area contributed by atoms with Gasteiger partial charge in [0.15, 0.2) is 0 Å². The zero-order valence-electron chi connectivity index (χ0n) is 41.1. The third-order valence-electron chi connectivity index (χ3n) is 14.9. The fourth-order valence-corrected chi connectivity index (χ4v) is 10.5. The van der Waals surface area contributed by atoms with Gasteiger partial charge in [-0.2, -0.15) is 47.4 Å². The average molecular weight is 946 g/mol. The molecule has 15 nitrogen and oxygen atoms in total. The molecular weight excluding hydrogens is 871 g/mol. The number of hydrogen-bond acceptors (Lipinski definition) is 13. The Balaban J connectivity index is 0.000000415. The number of nitrogens with zero attached hydrogens (tertiary/aromatic N) is 9. The minimum atomic E-state index is -0.853. The fourth-order valence-electron chi connectivity index (χ4n) is 10.5. The van der Waals surface area contributed by atoms with Gasteiger partial charge >= 0.3 is 11.9 Å². The van der Waals surface area contributed by atoms with E-state index in [0.717, 1.165) is 161 Å². The van der Waals surface area contributed by atoms with Crippen LogP contribution in [-0.2, 0) is 19.1 Å². The highest BCUT2D eigenvalue weighted by Gasteiger charge is 2.37. The van der Waals surface area contributed by atoms with Crippen molar-refractivity contribution in [3.05, 3.63) is 0 Å². The van der Waals surface area contributed by atoms with Gasteiger partial charge in [-0.1, -0.05) is 116 Å². The molecular formula is C54H75N9O6. The minimum absolute atomic E-state index is 0.0174. The Morgan fingerprint density at radius 1 is 0.362 bits per heavy atom. The number of carboxylic acids is 2. The molecule has 6 saturated carbocycles. The highest BCUT2D eigenvalue weighted by molar-refractivity contribution is 5.68. The van der Waals surface area contributed by atoms with Crippen LogP contribution < -0.4 is 0 Å². The Kier molecular flexibility index (Phi) is 29.4. The van der Waals surface area contributed by atoms with Crippen LogP contribution in [0, 0.1) is 134 Å². The molecule has 0 radical (unpaired) electrons. The van der Waals surface area contributed by atoms with Gasteiger partial charge in [-0.05, 0) is 77.0 Å². The lowest BCUT2D eigenvalue weighted by Crippen LogP contribution is -2.25. The zero-order chi connectivity index (χ0) is 51.4. The van der Waals surface area contributed by atoms with Crippen molar-refractivity contribution in [3.63, 3.8) is 0 Å². The second-order valence-corrected chi connectivity index (χ2v) is 20.3. The van der Waals surface area contributed by atoms with Crippen molar-refractivity contribution < 1.29 is 29.3 Å². The topological polar surface area (TPSA) is 315 Å². The van der Waals surface area contributed by atoms with Crippen LogP contribution in [0.4, 0.5) is 0 Å². The second kappa shape index (κ2) is 33.3. The zero-order valence-corrected chi connectivity index (χ0v) is 41.1. The third kappa shape index (κ3) is 22.7. The number of carbonyl (C=O) groups is 3. The van der Waals surface area contributed by atoms with Crippen molar-refractivity contribution in [1.82, 2.24) is 0 Å². The van der Waals surface area contributed by atoms with E-state index in [4.69, 9.17) is 62.3 Å². The number of ether oxygens (including phenoxy) is 1. The predicted molar refractivity (Wildman–Crippen MR) is 254 cm³/mol. The Labute approximate surface area is 412 Å². The molecule has 6 aliphatic rings. The lowest BCUT2D eigenvalue weighted by molar-refractivity contribution is -0.140. The first-order valence-electron chi connectivity index (χ1n) is 25.3. The van der Waals surface area contributed by atoms with Gasteiger partial charge in [0, 0.05) is 0 Å². The first-order chi connectivity index (χ1) is 33.2. The largest absolute Gasteiger partial charge is 0.481 e. The number of carboxylic acid groups (broad SMARTS) is 2. The van der Waals surface area contributed by atoms with Crippen LogP contribution in [0.1, 0.15) is 225 Å². The molecule has 0 heterocycles. The molecule has 2 N–H and O–H groups in total. The van der Waals surface area contributed by atoms with E-state index in [1.165, 1.54) is 32.1 Å². The standard InChI is InChI=1S/C10H14N2.C10H15NO2.C9H12N2.C9H13NO2.C8H10N2.C8H11NO2/c11-8-7-10(9-12)5-3-1-2-4-6-10;11-7-10(8-13-9-12)5-3-1-2-4-6-10;10-7-6-9(8-11)4-2-1-3-5-9;10-7-9(6-8(11)12)4-2-1-3-5-9;9-6-5-8(7-10)3-1-2-4-8;9-6-8(5-7(10)11)3-1-2-4-8/h1-7H2;9H,1-6,8H2;1-6H2;1-6H2,(H,11,12);1-5H2;1-5H2,(H,10,11). The second-order valence-electron chi connectivity index (χ2n) is 20.3. The molecule has 69 heavy (non-hydrogen) atoms. The molecule has 0 spiro atoms. The van der Waals surface area contributed by atoms with Gasteiger partial charge in [0.2, 0.25) is 0 Å². The van der Waals surface area contributed by atoms with Crippen molar-refractivity contribution in [2.75, 3.05) is 6.61 Å². The van der Waals surface area contributed by atoms with E-state index < -0.39 is 28.2 Å². The summed E-state index contributed by atoms with van der Waals surface area (Å²) in [5, 5.41) is 96.0. The first-order valence-corrected chi connectivity index (χ1v) is 25.3. The minimum Gasteiger partial charge on any atom is -0.481 e. The number of carbonyl (C=O) groups excluding carboxylic acids is 1. The lowest BCUT2D eigenvalue weighted by atomic mass is 9.73. The van der Waals surface area contributed by atoms with E-state index in [-0.39, 0.29) is 35.7 Å². The normalized spacial score (nSPS) is 21.4. The van der Waals surface area contributed by atoms with Crippen LogP contribution in [0.15, 0.2) is 0 Å². The van der Waals surface area contributed by atoms with Crippen molar-refractivity contribution in [2.24, 2.45) is 32.5 Å². The van der Waals surface area contributed by atoms with E-state index in [9.17, 15) is 14.4 Å². The van der Waals surface area contributed by atoms with Gasteiger partial charge in [0.05, 0.1) is 119 Å². The molecule has 0 aromatic heterocycles. The van der Waals surface area contributed by atoms with Crippen LogP contribution in [0.2, 0.25) is 0 Å². The quantitative estimate of drug-likeness (QED) is 0.152. The summed E-state index contributed by atoms with van der Waals surface area (Å²) in [5.74, 6) is -1.70. The van der Waals surface area contributed by atoms with Gasteiger partial charge in [-0.15, -0.1) is 0 Å². The van der Waals surface area contributed by atoms with Gasteiger partial charge in [-0.25, -0.2) is 0 Å². The van der Waals surface area contributed by atoms with Crippen molar-refractivity contribution >= 4 is 18.4 Å². The van der Waals surface area contributed by atoms with Gasteiger partial charge in [0.25, 0.3) is 6.47 Å². The number of aliphatic carboxylic acids is 2. The Morgan fingerprint density at radius 2 is 0.565 bits per heavy atom.